The summed E-state index contributed by atoms with van der Waals surface area (Å²) in [5.41, 5.74) is 2.48. The van der Waals surface area contributed by atoms with E-state index < -0.39 is 0 Å². The summed E-state index contributed by atoms with van der Waals surface area (Å²) in [6, 6.07) is 11.7. The molecule has 2 aromatic rings. The molecule has 4 atom stereocenters. The van der Waals surface area contributed by atoms with Crippen LogP contribution >= 0.6 is 0 Å². The molecule has 0 N–H and O–H groups in total. The molecule has 0 aliphatic carbocycles. The number of fused-ring (bicyclic) bond motifs is 2. The molecular weight excluding hydrogens is 352 g/mol. The Kier molecular flexibility index (Phi) is 4.59. The molecule has 148 valence electrons. The maximum absolute atomic E-state index is 13.6. The quantitative estimate of drug-likeness (QED) is 0.803. The fourth-order valence-corrected chi connectivity index (χ4v) is 5.36. The molecule has 2 unspecified atom stereocenters. The molecule has 3 aliphatic rings. The average Bonchev–Trinajstić information content (AvgIpc) is 3.28. The SMILES string of the molecule is Cn1cc(C2COCCN2C(=O)N2[C@@H]3CC[C@H]2CC(c2ccccc2)C3)cn1. The highest BCUT2D eigenvalue weighted by Gasteiger charge is 2.46. The van der Waals surface area contributed by atoms with E-state index >= 15 is 0 Å². The molecule has 0 saturated carbocycles. The first-order chi connectivity index (χ1) is 13.7. The van der Waals surface area contributed by atoms with Crippen molar-refractivity contribution in [1.29, 1.82) is 0 Å². The van der Waals surface area contributed by atoms with Gasteiger partial charge in [0.1, 0.15) is 0 Å². The Morgan fingerprint density at radius 1 is 1.11 bits per heavy atom. The second kappa shape index (κ2) is 7.24. The average molecular weight is 380 g/mol. The lowest BCUT2D eigenvalue weighted by Gasteiger charge is -2.44. The standard InChI is InChI=1S/C22H28N4O2/c1-24-14-18(13-23-24)21-15-28-10-9-25(21)22(27)26-19-7-8-20(26)12-17(11-19)16-5-3-2-4-6-16/h2-6,13-14,17,19-21H,7-12,15H2,1H3/t17?,19-,20+,21?. The maximum atomic E-state index is 13.6. The molecule has 3 aliphatic heterocycles. The van der Waals surface area contributed by atoms with Gasteiger partial charge in [-0.25, -0.2) is 4.79 Å². The summed E-state index contributed by atoms with van der Waals surface area (Å²) in [5.74, 6) is 0.571. The van der Waals surface area contributed by atoms with E-state index in [2.05, 4.69) is 40.3 Å². The summed E-state index contributed by atoms with van der Waals surface area (Å²) in [6.07, 6.45) is 8.26. The van der Waals surface area contributed by atoms with Crippen LogP contribution in [0.5, 0.6) is 0 Å². The second-order valence-electron chi connectivity index (χ2n) is 8.39. The third kappa shape index (κ3) is 3.09. The van der Waals surface area contributed by atoms with Crippen molar-refractivity contribution in [3.05, 3.63) is 53.9 Å². The minimum atomic E-state index is -0.0406. The smallest absolute Gasteiger partial charge is 0.321 e. The van der Waals surface area contributed by atoms with Crippen LogP contribution in [0.15, 0.2) is 42.7 Å². The van der Waals surface area contributed by atoms with Crippen LogP contribution in [0, 0.1) is 0 Å². The molecule has 2 bridgehead atoms. The lowest BCUT2D eigenvalue weighted by molar-refractivity contribution is -0.00395. The zero-order chi connectivity index (χ0) is 19.1. The van der Waals surface area contributed by atoms with Crippen LogP contribution in [-0.2, 0) is 11.8 Å². The van der Waals surface area contributed by atoms with Crippen molar-refractivity contribution in [2.24, 2.45) is 7.05 Å². The van der Waals surface area contributed by atoms with Gasteiger partial charge in [0.15, 0.2) is 0 Å². The lowest BCUT2D eigenvalue weighted by Crippen LogP contribution is -2.55. The van der Waals surface area contributed by atoms with Crippen molar-refractivity contribution in [2.45, 2.75) is 49.7 Å². The largest absolute Gasteiger partial charge is 0.377 e. The van der Waals surface area contributed by atoms with Gasteiger partial charge in [-0.1, -0.05) is 30.3 Å². The predicted octanol–water partition coefficient (Wildman–Crippen LogP) is 3.32. The first-order valence-electron chi connectivity index (χ1n) is 10.4. The summed E-state index contributed by atoms with van der Waals surface area (Å²) in [5, 5.41) is 4.29. The second-order valence-corrected chi connectivity index (χ2v) is 8.39. The van der Waals surface area contributed by atoms with Crippen LogP contribution in [0.1, 0.15) is 48.8 Å². The number of amides is 2. The number of urea groups is 1. The van der Waals surface area contributed by atoms with E-state index in [0.29, 0.717) is 37.8 Å². The van der Waals surface area contributed by atoms with Gasteiger partial charge in [-0.15, -0.1) is 0 Å². The highest BCUT2D eigenvalue weighted by atomic mass is 16.5. The molecular formula is C22H28N4O2. The van der Waals surface area contributed by atoms with E-state index in [0.717, 1.165) is 31.2 Å². The van der Waals surface area contributed by atoms with Crippen LogP contribution in [-0.4, -0.2) is 57.5 Å². The zero-order valence-electron chi connectivity index (χ0n) is 16.4. The van der Waals surface area contributed by atoms with Gasteiger partial charge in [0.2, 0.25) is 0 Å². The van der Waals surface area contributed by atoms with Crippen molar-refractivity contribution in [3.8, 4) is 0 Å². The van der Waals surface area contributed by atoms with E-state index in [1.165, 1.54) is 5.56 Å². The molecule has 1 aromatic heterocycles. The van der Waals surface area contributed by atoms with E-state index in [1.807, 2.05) is 24.3 Å². The molecule has 6 heteroatoms. The highest BCUT2D eigenvalue weighted by Crippen LogP contribution is 2.44. The molecule has 3 fully saturated rings. The van der Waals surface area contributed by atoms with Crippen LogP contribution in [0.25, 0.3) is 0 Å². The van der Waals surface area contributed by atoms with E-state index in [9.17, 15) is 4.79 Å². The normalized spacial score (nSPS) is 29.9. The summed E-state index contributed by atoms with van der Waals surface area (Å²) >= 11 is 0. The van der Waals surface area contributed by atoms with Crippen molar-refractivity contribution in [2.75, 3.05) is 19.8 Å². The molecule has 4 heterocycles. The molecule has 2 amide bonds. The fraction of sp³-hybridized carbons (Fsp3) is 0.545. The molecule has 1 aromatic carbocycles. The van der Waals surface area contributed by atoms with Crippen LogP contribution in [0.4, 0.5) is 4.79 Å². The van der Waals surface area contributed by atoms with Crippen LogP contribution in [0.2, 0.25) is 0 Å². The number of benzene rings is 1. The third-order valence-electron chi connectivity index (χ3n) is 6.71. The van der Waals surface area contributed by atoms with Gasteiger partial charge in [0, 0.05) is 37.4 Å². The van der Waals surface area contributed by atoms with Gasteiger partial charge < -0.3 is 14.5 Å². The van der Waals surface area contributed by atoms with Crippen molar-refractivity contribution in [3.63, 3.8) is 0 Å². The Bertz CT molecular complexity index is 822. The van der Waals surface area contributed by atoms with Gasteiger partial charge in [0.25, 0.3) is 0 Å². The summed E-state index contributed by atoms with van der Waals surface area (Å²) < 4.78 is 7.50. The number of piperidine rings is 1. The van der Waals surface area contributed by atoms with Crippen LogP contribution in [0.3, 0.4) is 0 Å². The summed E-state index contributed by atoms with van der Waals surface area (Å²) in [6.45, 7) is 1.81. The first kappa shape index (κ1) is 17.7. The Labute approximate surface area is 166 Å². The van der Waals surface area contributed by atoms with Gasteiger partial charge in [-0.3, -0.25) is 4.68 Å². The number of hydrogen-bond donors (Lipinski definition) is 0. The Hall–Kier alpha value is -2.34. The molecule has 3 saturated heterocycles. The Morgan fingerprint density at radius 2 is 1.86 bits per heavy atom. The maximum Gasteiger partial charge on any atom is 0.321 e. The number of carbonyl (C=O) groups is 1. The van der Waals surface area contributed by atoms with E-state index in [4.69, 9.17) is 4.74 Å². The molecule has 6 nitrogen and oxygen atoms in total. The van der Waals surface area contributed by atoms with Crippen LogP contribution < -0.4 is 0 Å². The third-order valence-corrected chi connectivity index (χ3v) is 6.71. The number of ether oxygens (including phenoxy) is 1. The van der Waals surface area contributed by atoms with E-state index in [1.54, 1.807) is 4.68 Å². The number of nitrogens with zero attached hydrogens (tertiary/aromatic N) is 4. The van der Waals surface area contributed by atoms with Crippen molar-refractivity contribution >= 4 is 6.03 Å². The first-order valence-corrected chi connectivity index (χ1v) is 10.4. The highest BCUT2D eigenvalue weighted by molar-refractivity contribution is 5.76. The van der Waals surface area contributed by atoms with Gasteiger partial charge >= 0.3 is 6.03 Å². The number of hydrogen-bond acceptors (Lipinski definition) is 3. The summed E-state index contributed by atoms with van der Waals surface area (Å²) in [7, 11) is 1.91. The van der Waals surface area contributed by atoms with Gasteiger partial charge in [-0.2, -0.15) is 5.10 Å². The van der Waals surface area contributed by atoms with Crippen molar-refractivity contribution < 1.29 is 9.53 Å². The lowest BCUT2D eigenvalue weighted by atomic mass is 9.85. The van der Waals surface area contributed by atoms with Gasteiger partial charge in [-0.05, 0) is 37.2 Å². The van der Waals surface area contributed by atoms with Gasteiger partial charge in [0.05, 0.1) is 25.5 Å². The fourth-order valence-electron chi connectivity index (χ4n) is 5.36. The molecule has 28 heavy (non-hydrogen) atoms. The molecule has 0 spiro atoms. The number of carbonyl (C=O) groups excluding carboxylic acids is 1. The number of aryl methyl sites for hydroxylation is 1. The molecule has 0 radical (unpaired) electrons. The van der Waals surface area contributed by atoms with Crippen molar-refractivity contribution in [1.82, 2.24) is 19.6 Å². The minimum Gasteiger partial charge on any atom is -0.377 e. The summed E-state index contributed by atoms with van der Waals surface area (Å²) in [4.78, 5) is 17.8. The Morgan fingerprint density at radius 3 is 2.54 bits per heavy atom. The molecule has 5 rings (SSSR count). The topological polar surface area (TPSA) is 50.6 Å². The monoisotopic (exact) mass is 380 g/mol. The minimum absolute atomic E-state index is 0.0406. The number of morpholine rings is 1. The predicted molar refractivity (Wildman–Crippen MR) is 106 cm³/mol. The number of aromatic nitrogens is 2. The Balaban J connectivity index is 1.35. The van der Waals surface area contributed by atoms with E-state index in [-0.39, 0.29) is 12.1 Å². The zero-order valence-corrected chi connectivity index (χ0v) is 16.4. The number of rotatable bonds is 2.